The lowest BCUT2D eigenvalue weighted by molar-refractivity contribution is 0.102. The van der Waals surface area contributed by atoms with Gasteiger partial charge in [0.15, 0.2) is 0 Å². The SMILES string of the molecule is CNc1ccncc1C(=O)Nc1cccc2c1CCCC2. The molecule has 2 N–H and O–H groups in total. The maximum atomic E-state index is 12.5. The molecule has 0 bridgehead atoms. The molecule has 0 saturated heterocycles. The summed E-state index contributed by atoms with van der Waals surface area (Å²) in [6, 6.07) is 7.96. The molecule has 1 aliphatic carbocycles. The van der Waals surface area contributed by atoms with Crippen LogP contribution in [0.25, 0.3) is 0 Å². The minimum absolute atomic E-state index is 0.119. The van der Waals surface area contributed by atoms with Gasteiger partial charge in [0.1, 0.15) is 0 Å². The number of nitrogens with one attached hydrogen (secondary N) is 2. The van der Waals surface area contributed by atoms with Crippen LogP contribution in [0, 0.1) is 0 Å². The summed E-state index contributed by atoms with van der Waals surface area (Å²) in [4.78, 5) is 16.5. The van der Waals surface area contributed by atoms with Gasteiger partial charge in [-0.3, -0.25) is 9.78 Å². The molecule has 1 aromatic carbocycles. The van der Waals surface area contributed by atoms with Crippen LogP contribution in [-0.4, -0.2) is 17.9 Å². The van der Waals surface area contributed by atoms with E-state index in [0.29, 0.717) is 5.56 Å². The number of anilines is 2. The predicted molar refractivity (Wildman–Crippen MR) is 84.8 cm³/mol. The lowest BCUT2D eigenvalue weighted by Gasteiger charge is -2.20. The molecule has 4 heteroatoms. The number of benzene rings is 1. The molecule has 1 amide bonds. The summed E-state index contributed by atoms with van der Waals surface area (Å²) in [6.45, 7) is 0. The Morgan fingerprint density at radius 2 is 2.00 bits per heavy atom. The van der Waals surface area contributed by atoms with Crippen LogP contribution in [0.1, 0.15) is 34.3 Å². The van der Waals surface area contributed by atoms with Gasteiger partial charge < -0.3 is 10.6 Å². The highest BCUT2D eigenvalue weighted by Gasteiger charge is 2.16. The lowest BCUT2D eigenvalue weighted by Crippen LogP contribution is -2.17. The van der Waals surface area contributed by atoms with Gasteiger partial charge in [-0.15, -0.1) is 0 Å². The highest BCUT2D eigenvalue weighted by Crippen LogP contribution is 2.28. The Morgan fingerprint density at radius 1 is 1.14 bits per heavy atom. The van der Waals surface area contributed by atoms with Crippen molar-refractivity contribution in [3.05, 3.63) is 53.3 Å². The quantitative estimate of drug-likeness (QED) is 0.908. The van der Waals surface area contributed by atoms with Crippen molar-refractivity contribution in [2.24, 2.45) is 0 Å². The Balaban J connectivity index is 1.88. The van der Waals surface area contributed by atoms with Crippen LogP contribution >= 0.6 is 0 Å². The standard InChI is InChI=1S/C17H19N3O/c1-18-15-9-10-19-11-14(15)17(21)20-16-8-4-6-12-5-2-3-7-13(12)16/h4,6,8-11H,2-3,5,7H2,1H3,(H,18,19)(H,20,21). The highest BCUT2D eigenvalue weighted by molar-refractivity contribution is 6.08. The summed E-state index contributed by atoms with van der Waals surface area (Å²) in [5, 5.41) is 6.07. The van der Waals surface area contributed by atoms with Gasteiger partial charge in [-0.05, 0) is 48.9 Å². The van der Waals surface area contributed by atoms with Gasteiger partial charge in [-0.1, -0.05) is 12.1 Å². The Labute approximate surface area is 124 Å². The molecule has 0 saturated carbocycles. The first-order chi connectivity index (χ1) is 10.3. The average Bonchev–Trinajstić information content (AvgIpc) is 2.55. The van der Waals surface area contributed by atoms with E-state index in [2.05, 4.69) is 21.7 Å². The van der Waals surface area contributed by atoms with E-state index in [0.717, 1.165) is 24.2 Å². The third kappa shape index (κ3) is 2.75. The monoisotopic (exact) mass is 281 g/mol. The van der Waals surface area contributed by atoms with Crippen LogP contribution in [0.4, 0.5) is 11.4 Å². The molecule has 3 rings (SSSR count). The number of amides is 1. The van der Waals surface area contributed by atoms with Gasteiger partial charge in [0, 0.05) is 30.8 Å². The number of pyridine rings is 1. The number of hydrogen-bond donors (Lipinski definition) is 2. The number of aromatic nitrogens is 1. The summed E-state index contributed by atoms with van der Waals surface area (Å²) in [5.74, 6) is -0.119. The number of aryl methyl sites for hydroxylation is 1. The van der Waals surface area contributed by atoms with E-state index in [4.69, 9.17) is 0 Å². The van der Waals surface area contributed by atoms with Gasteiger partial charge in [0.25, 0.3) is 5.91 Å². The Morgan fingerprint density at radius 3 is 2.86 bits per heavy atom. The molecular formula is C17H19N3O. The second-order valence-corrected chi connectivity index (χ2v) is 5.28. The van der Waals surface area contributed by atoms with Gasteiger partial charge in [-0.2, -0.15) is 0 Å². The maximum Gasteiger partial charge on any atom is 0.259 e. The number of carbonyl (C=O) groups is 1. The molecular weight excluding hydrogens is 262 g/mol. The fourth-order valence-electron chi connectivity index (χ4n) is 2.88. The molecule has 2 aromatic rings. The second kappa shape index (κ2) is 5.95. The lowest BCUT2D eigenvalue weighted by atomic mass is 9.90. The van der Waals surface area contributed by atoms with Crippen LogP contribution < -0.4 is 10.6 Å². The zero-order valence-electron chi connectivity index (χ0n) is 12.1. The Hall–Kier alpha value is -2.36. The fraction of sp³-hybridized carbons (Fsp3) is 0.294. The molecule has 0 atom stereocenters. The van der Waals surface area contributed by atoms with Crippen LogP contribution in [0.15, 0.2) is 36.7 Å². The van der Waals surface area contributed by atoms with Crippen molar-refractivity contribution in [1.82, 2.24) is 4.98 Å². The first kappa shape index (κ1) is 13.6. The van der Waals surface area contributed by atoms with Crippen molar-refractivity contribution >= 4 is 17.3 Å². The first-order valence-corrected chi connectivity index (χ1v) is 7.33. The molecule has 0 unspecified atom stereocenters. The number of carbonyl (C=O) groups excluding carboxylic acids is 1. The van der Waals surface area contributed by atoms with E-state index >= 15 is 0 Å². The molecule has 1 aromatic heterocycles. The number of rotatable bonds is 3. The van der Waals surface area contributed by atoms with Crippen LogP contribution in [0.2, 0.25) is 0 Å². The van der Waals surface area contributed by atoms with Gasteiger partial charge in [-0.25, -0.2) is 0 Å². The van der Waals surface area contributed by atoms with Gasteiger partial charge in [0.2, 0.25) is 0 Å². The van der Waals surface area contributed by atoms with Crippen molar-refractivity contribution in [3.8, 4) is 0 Å². The summed E-state index contributed by atoms with van der Waals surface area (Å²) < 4.78 is 0. The minimum atomic E-state index is -0.119. The largest absolute Gasteiger partial charge is 0.387 e. The summed E-state index contributed by atoms with van der Waals surface area (Å²) >= 11 is 0. The highest BCUT2D eigenvalue weighted by atomic mass is 16.1. The van der Waals surface area contributed by atoms with Crippen LogP contribution in [0.5, 0.6) is 0 Å². The number of nitrogens with zero attached hydrogens (tertiary/aromatic N) is 1. The van der Waals surface area contributed by atoms with E-state index in [9.17, 15) is 4.79 Å². The van der Waals surface area contributed by atoms with Crippen molar-refractivity contribution in [2.45, 2.75) is 25.7 Å². The van der Waals surface area contributed by atoms with Gasteiger partial charge >= 0.3 is 0 Å². The molecule has 0 spiro atoms. The third-order valence-electron chi connectivity index (χ3n) is 3.98. The fourth-order valence-corrected chi connectivity index (χ4v) is 2.88. The van der Waals surface area contributed by atoms with Crippen molar-refractivity contribution < 1.29 is 4.79 Å². The van der Waals surface area contributed by atoms with E-state index in [-0.39, 0.29) is 5.91 Å². The van der Waals surface area contributed by atoms with Crippen LogP contribution in [0.3, 0.4) is 0 Å². The van der Waals surface area contributed by atoms with E-state index in [1.165, 1.54) is 24.0 Å². The molecule has 21 heavy (non-hydrogen) atoms. The van der Waals surface area contributed by atoms with E-state index in [1.807, 2.05) is 12.1 Å². The first-order valence-electron chi connectivity index (χ1n) is 7.33. The average molecular weight is 281 g/mol. The number of hydrogen-bond acceptors (Lipinski definition) is 3. The molecule has 0 aliphatic heterocycles. The number of fused-ring (bicyclic) bond motifs is 1. The normalized spacial score (nSPS) is 13.4. The second-order valence-electron chi connectivity index (χ2n) is 5.28. The smallest absolute Gasteiger partial charge is 0.259 e. The molecule has 108 valence electrons. The zero-order valence-corrected chi connectivity index (χ0v) is 12.1. The molecule has 4 nitrogen and oxygen atoms in total. The van der Waals surface area contributed by atoms with Crippen LogP contribution in [-0.2, 0) is 12.8 Å². The molecule has 1 aliphatic rings. The summed E-state index contributed by atoms with van der Waals surface area (Å²) in [6.07, 6.45) is 7.83. The topological polar surface area (TPSA) is 54.0 Å². The zero-order chi connectivity index (χ0) is 14.7. The summed E-state index contributed by atoms with van der Waals surface area (Å²) in [7, 11) is 1.80. The molecule has 1 heterocycles. The third-order valence-corrected chi connectivity index (χ3v) is 3.98. The van der Waals surface area contributed by atoms with E-state index < -0.39 is 0 Å². The van der Waals surface area contributed by atoms with Crippen molar-refractivity contribution in [3.63, 3.8) is 0 Å². The van der Waals surface area contributed by atoms with E-state index in [1.54, 1.807) is 25.5 Å². The minimum Gasteiger partial charge on any atom is -0.387 e. The predicted octanol–water partition coefficient (Wildman–Crippen LogP) is 3.25. The molecule has 0 radical (unpaired) electrons. The Bertz CT molecular complexity index is 667. The molecule has 0 fully saturated rings. The maximum absolute atomic E-state index is 12.5. The van der Waals surface area contributed by atoms with Gasteiger partial charge in [0.05, 0.1) is 5.56 Å². The Kier molecular flexibility index (Phi) is 3.86. The summed E-state index contributed by atoms with van der Waals surface area (Å²) in [5.41, 5.74) is 4.93. The van der Waals surface area contributed by atoms with Crippen molar-refractivity contribution in [1.29, 1.82) is 0 Å². The van der Waals surface area contributed by atoms with Crippen molar-refractivity contribution in [2.75, 3.05) is 17.7 Å².